The van der Waals surface area contributed by atoms with Crippen molar-refractivity contribution in [3.63, 3.8) is 0 Å². The minimum Gasteiger partial charge on any atom is -0.497 e. The molecular formula is C26H29N3O3S. The van der Waals surface area contributed by atoms with Crippen LogP contribution in [0.3, 0.4) is 0 Å². The van der Waals surface area contributed by atoms with E-state index in [-0.39, 0.29) is 5.91 Å². The van der Waals surface area contributed by atoms with Crippen molar-refractivity contribution in [3.05, 3.63) is 66.2 Å². The maximum absolute atomic E-state index is 12.7. The summed E-state index contributed by atoms with van der Waals surface area (Å²) in [6.07, 6.45) is 3.21. The topological polar surface area (TPSA) is 64.6 Å². The zero-order valence-electron chi connectivity index (χ0n) is 19.1. The number of rotatable bonds is 8. The van der Waals surface area contributed by atoms with Gasteiger partial charge in [-0.3, -0.25) is 4.79 Å². The summed E-state index contributed by atoms with van der Waals surface area (Å²) in [5.41, 5.74) is 2.89. The zero-order valence-corrected chi connectivity index (χ0v) is 19.9. The minimum atomic E-state index is 0.165. The van der Waals surface area contributed by atoms with Gasteiger partial charge in [0.05, 0.1) is 25.7 Å². The van der Waals surface area contributed by atoms with Gasteiger partial charge in [0.25, 0.3) is 0 Å². The van der Waals surface area contributed by atoms with Gasteiger partial charge in [0.15, 0.2) is 0 Å². The van der Waals surface area contributed by atoms with Crippen LogP contribution in [-0.4, -0.2) is 54.1 Å². The molecule has 0 radical (unpaired) electrons. The summed E-state index contributed by atoms with van der Waals surface area (Å²) < 4.78 is 10.7. The summed E-state index contributed by atoms with van der Waals surface area (Å²) in [7, 11) is 3.25. The van der Waals surface area contributed by atoms with Crippen molar-refractivity contribution in [1.82, 2.24) is 15.1 Å². The first-order valence-electron chi connectivity index (χ1n) is 11.2. The first-order valence-corrected chi connectivity index (χ1v) is 12.2. The summed E-state index contributed by atoms with van der Waals surface area (Å²) >= 11 is 1.43. The van der Waals surface area contributed by atoms with Gasteiger partial charge in [-0.2, -0.15) is 0 Å². The van der Waals surface area contributed by atoms with Crippen LogP contribution in [0, 0.1) is 5.92 Å². The number of hydrogen-bond acceptors (Lipinski definition) is 6. The van der Waals surface area contributed by atoms with Gasteiger partial charge in [-0.05, 0) is 61.1 Å². The van der Waals surface area contributed by atoms with Crippen molar-refractivity contribution in [1.29, 1.82) is 0 Å². The molecule has 4 rings (SSSR count). The van der Waals surface area contributed by atoms with Crippen LogP contribution in [-0.2, 0) is 11.2 Å². The Morgan fingerprint density at radius 1 is 1.00 bits per heavy atom. The van der Waals surface area contributed by atoms with E-state index in [1.807, 2.05) is 35.2 Å². The molecule has 0 atom stereocenters. The van der Waals surface area contributed by atoms with Gasteiger partial charge >= 0.3 is 0 Å². The Morgan fingerprint density at radius 3 is 2.45 bits per heavy atom. The van der Waals surface area contributed by atoms with Gasteiger partial charge in [-0.25, -0.2) is 0 Å². The van der Waals surface area contributed by atoms with Gasteiger partial charge in [-0.15, -0.1) is 10.2 Å². The van der Waals surface area contributed by atoms with Gasteiger partial charge < -0.3 is 14.4 Å². The largest absolute Gasteiger partial charge is 0.497 e. The molecule has 1 aromatic heterocycles. The lowest BCUT2D eigenvalue weighted by Crippen LogP contribution is -2.39. The molecule has 1 fully saturated rings. The molecule has 0 unspecified atom stereocenters. The average Bonchev–Trinajstić information content (AvgIpc) is 2.88. The second kappa shape index (κ2) is 11.2. The van der Waals surface area contributed by atoms with Crippen molar-refractivity contribution < 1.29 is 14.3 Å². The summed E-state index contributed by atoms with van der Waals surface area (Å²) in [6.45, 7) is 1.66. The van der Waals surface area contributed by atoms with E-state index in [1.54, 1.807) is 14.2 Å². The first-order chi connectivity index (χ1) is 16.2. The molecule has 7 heteroatoms. The predicted octanol–water partition coefficient (Wildman–Crippen LogP) is 4.73. The third kappa shape index (κ3) is 6.05. The quantitative estimate of drug-likeness (QED) is 0.450. The highest BCUT2D eigenvalue weighted by Gasteiger charge is 2.23. The number of methoxy groups -OCH3 is 2. The van der Waals surface area contributed by atoms with E-state index in [9.17, 15) is 4.79 Å². The van der Waals surface area contributed by atoms with Crippen molar-refractivity contribution >= 4 is 17.7 Å². The molecular weight excluding hydrogens is 434 g/mol. The third-order valence-corrected chi connectivity index (χ3v) is 6.91. The lowest BCUT2D eigenvalue weighted by atomic mass is 9.90. The van der Waals surface area contributed by atoms with E-state index in [1.165, 1.54) is 17.3 Å². The molecule has 0 aliphatic carbocycles. The monoisotopic (exact) mass is 463 g/mol. The summed E-state index contributed by atoms with van der Waals surface area (Å²) in [4.78, 5) is 14.7. The van der Waals surface area contributed by atoms with Crippen molar-refractivity contribution in [2.24, 2.45) is 5.92 Å². The Morgan fingerprint density at radius 2 is 1.79 bits per heavy atom. The number of amides is 1. The van der Waals surface area contributed by atoms with E-state index in [4.69, 9.17) is 9.47 Å². The maximum Gasteiger partial charge on any atom is 0.232 e. The number of likely N-dealkylation sites (tertiary alicyclic amines) is 1. The number of carbonyl (C=O) groups excluding carboxylic acids is 1. The Bertz CT molecular complexity index is 1050. The van der Waals surface area contributed by atoms with Gasteiger partial charge in [0, 0.05) is 18.7 Å². The maximum atomic E-state index is 12.7. The highest BCUT2D eigenvalue weighted by atomic mass is 32.2. The van der Waals surface area contributed by atoms with E-state index < -0.39 is 0 Å². The lowest BCUT2D eigenvalue weighted by molar-refractivity contribution is -0.129. The molecule has 0 bridgehead atoms. The lowest BCUT2D eigenvalue weighted by Gasteiger charge is -2.32. The Balaban J connectivity index is 1.28. The van der Waals surface area contributed by atoms with Gasteiger partial charge in [0.1, 0.15) is 16.5 Å². The van der Waals surface area contributed by atoms with Gasteiger partial charge in [0.2, 0.25) is 5.91 Å². The number of piperidine rings is 1. The van der Waals surface area contributed by atoms with Crippen LogP contribution < -0.4 is 9.47 Å². The Hall–Kier alpha value is -3.06. The van der Waals surface area contributed by atoms with Crippen LogP contribution in [0.1, 0.15) is 18.4 Å². The number of carbonyl (C=O) groups is 1. The highest BCUT2D eigenvalue weighted by Crippen LogP contribution is 2.32. The summed E-state index contributed by atoms with van der Waals surface area (Å²) in [6, 6.07) is 20.0. The minimum absolute atomic E-state index is 0.165. The first kappa shape index (κ1) is 23.1. The molecule has 6 nitrogen and oxygen atoms in total. The van der Waals surface area contributed by atoms with E-state index in [0.717, 1.165) is 48.7 Å². The fourth-order valence-electron chi connectivity index (χ4n) is 4.12. The van der Waals surface area contributed by atoms with Crippen molar-refractivity contribution in [3.8, 4) is 22.8 Å². The van der Waals surface area contributed by atoms with Crippen LogP contribution in [0.25, 0.3) is 11.3 Å². The highest BCUT2D eigenvalue weighted by molar-refractivity contribution is 7.99. The molecule has 1 saturated heterocycles. The summed E-state index contributed by atoms with van der Waals surface area (Å²) in [5.74, 6) is 2.62. The molecule has 0 saturated carbocycles. The van der Waals surface area contributed by atoms with Crippen LogP contribution >= 0.6 is 11.8 Å². The normalized spacial score (nSPS) is 14.2. The number of ether oxygens (including phenoxy) is 2. The molecule has 172 valence electrons. The van der Waals surface area contributed by atoms with Crippen molar-refractivity contribution in [2.45, 2.75) is 24.3 Å². The molecule has 2 heterocycles. The SMILES string of the molecule is COc1ccc(OC)c(-c2ccc(SCC(=O)N3CCC(Cc4ccccc4)CC3)nn2)c1. The molecule has 33 heavy (non-hydrogen) atoms. The predicted molar refractivity (Wildman–Crippen MR) is 131 cm³/mol. The van der Waals surface area contributed by atoms with Gasteiger partial charge in [-0.1, -0.05) is 42.1 Å². The van der Waals surface area contributed by atoms with Crippen LogP contribution in [0.15, 0.2) is 65.7 Å². The molecule has 1 amide bonds. The molecule has 1 aliphatic heterocycles. The Labute approximate surface area is 199 Å². The standard InChI is InChI=1S/C26H29N3O3S/c1-31-21-8-10-24(32-2)22(17-21)23-9-11-25(28-27-23)33-18-26(30)29-14-12-20(13-15-29)16-19-6-4-3-5-7-19/h3-11,17,20H,12-16,18H2,1-2H3. The number of nitrogens with zero attached hydrogens (tertiary/aromatic N) is 3. The number of benzene rings is 2. The third-order valence-electron chi connectivity index (χ3n) is 6.00. The number of thioether (sulfide) groups is 1. The average molecular weight is 464 g/mol. The van der Waals surface area contributed by atoms with Crippen LogP contribution in [0.4, 0.5) is 0 Å². The molecule has 0 N–H and O–H groups in total. The van der Waals surface area contributed by atoms with Crippen LogP contribution in [0.2, 0.25) is 0 Å². The van der Waals surface area contributed by atoms with E-state index >= 15 is 0 Å². The number of aromatic nitrogens is 2. The van der Waals surface area contributed by atoms with E-state index in [2.05, 4.69) is 40.5 Å². The van der Waals surface area contributed by atoms with Crippen LogP contribution in [0.5, 0.6) is 11.5 Å². The second-order valence-electron chi connectivity index (χ2n) is 8.13. The summed E-state index contributed by atoms with van der Waals surface area (Å²) in [5, 5.41) is 9.38. The molecule has 2 aromatic carbocycles. The van der Waals surface area contributed by atoms with Crippen molar-refractivity contribution in [2.75, 3.05) is 33.1 Å². The molecule has 0 spiro atoms. The zero-order chi connectivity index (χ0) is 23.0. The fourth-order valence-corrected chi connectivity index (χ4v) is 4.83. The fraction of sp³-hybridized carbons (Fsp3) is 0.346. The molecule has 1 aliphatic rings. The Kier molecular flexibility index (Phi) is 7.83. The van der Waals surface area contributed by atoms with E-state index in [0.29, 0.717) is 23.1 Å². The number of hydrogen-bond donors (Lipinski definition) is 0. The second-order valence-corrected chi connectivity index (χ2v) is 9.12. The molecule has 3 aromatic rings. The smallest absolute Gasteiger partial charge is 0.232 e.